The van der Waals surface area contributed by atoms with Crippen molar-refractivity contribution in [1.82, 2.24) is 10.3 Å². The molecule has 1 aliphatic rings. The first-order valence-electron chi connectivity index (χ1n) is 6.99. The molecule has 1 aromatic heterocycles. The van der Waals surface area contributed by atoms with Gasteiger partial charge in [-0.25, -0.2) is 9.78 Å². The van der Waals surface area contributed by atoms with Gasteiger partial charge in [0.2, 0.25) is 5.91 Å². The molecular formula is C14H20N2O3S. The average Bonchev–Trinajstić information content (AvgIpc) is 2.85. The van der Waals surface area contributed by atoms with Gasteiger partial charge in [0.1, 0.15) is 5.01 Å². The van der Waals surface area contributed by atoms with Gasteiger partial charge in [0.05, 0.1) is 6.54 Å². The van der Waals surface area contributed by atoms with Crippen molar-refractivity contribution in [3.63, 3.8) is 0 Å². The van der Waals surface area contributed by atoms with Gasteiger partial charge in [-0.15, -0.1) is 11.3 Å². The molecule has 1 saturated carbocycles. The highest BCUT2D eigenvalue weighted by Gasteiger charge is 2.21. The average molecular weight is 296 g/mol. The first-order chi connectivity index (χ1) is 9.54. The fourth-order valence-corrected chi connectivity index (χ4v) is 3.45. The molecule has 0 aliphatic heterocycles. The Labute approximate surface area is 122 Å². The number of amides is 1. The van der Waals surface area contributed by atoms with Crippen LogP contribution >= 0.6 is 11.3 Å². The largest absolute Gasteiger partial charge is 0.476 e. The minimum atomic E-state index is -1.03. The highest BCUT2D eigenvalue weighted by atomic mass is 32.1. The van der Waals surface area contributed by atoms with E-state index in [0.717, 1.165) is 18.8 Å². The normalized spacial score (nSPS) is 22.4. The molecule has 1 fully saturated rings. The second kappa shape index (κ2) is 6.83. The van der Waals surface area contributed by atoms with Crippen LogP contribution in [-0.2, 0) is 11.3 Å². The number of rotatable bonds is 5. The zero-order chi connectivity index (χ0) is 14.5. The van der Waals surface area contributed by atoms with Gasteiger partial charge in [0, 0.05) is 11.8 Å². The lowest BCUT2D eigenvalue weighted by molar-refractivity contribution is -0.122. The number of carboxylic acid groups (broad SMARTS) is 1. The fraction of sp³-hybridized carbons (Fsp3) is 0.643. The van der Waals surface area contributed by atoms with Gasteiger partial charge < -0.3 is 10.4 Å². The second-order valence-electron chi connectivity index (χ2n) is 5.55. The molecule has 2 atom stereocenters. The van der Waals surface area contributed by atoms with Crippen molar-refractivity contribution in [2.75, 3.05) is 0 Å². The van der Waals surface area contributed by atoms with E-state index in [1.165, 1.54) is 29.6 Å². The van der Waals surface area contributed by atoms with Crippen molar-refractivity contribution in [3.8, 4) is 0 Å². The van der Waals surface area contributed by atoms with Gasteiger partial charge in [-0.3, -0.25) is 4.79 Å². The van der Waals surface area contributed by atoms with Crippen molar-refractivity contribution in [3.05, 3.63) is 16.1 Å². The summed E-state index contributed by atoms with van der Waals surface area (Å²) in [5, 5.41) is 13.7. The minimum Gasteiger partial charge on any atom is -0.476 e. The maximum Gasteiger partial charge on any atom is 0.355 e. The van der Waals surface area contributed by atoms with E-state index in [-0.39, 0.29) is 11.6 Å². The maximum absolute atomic E-state index is 11.9. The van der Waals surface area contributed by atoms with Crippen molar-refractivity contribution in [2.24, 2.45) is 11.8 Å². The Morgan fingerprint density at radius 1 is 1.50 bits per heavy atom. The van der Waals surface area contributed by atoms with Gasteiger partial charge in [0.25, 0.3) is 0 Å². The number of aromatic carboxylic acids is 1. The Bertz CT molecular complexity index is 487. The third-order valence-corrected chi connectivity index (χ3v) is 4.58. The Balaban J connectivity index is 1.75. The molecule has 0 bridgehead atoms. The highest BCUT2D eigenvalue weighted by Crippen LogP contribution is 2.30. The zero-order valence-corrected chi connectivity index (χ0v) is 12.4. The summed E-state index contributed by atoms with van der Waals surface area (Å²) < 4.78 is 0. The molecule has 2 N–H and O–H groups in total. The van der Waals surface area contributed by atoms with Gasteiger partial charge in [-0.1, -0.05) is 19.8 Å². The second-order valence-corrected chi connectivity index (χ2v) is 6.49. The molecular weight excluding hydrogens is 276 g/mol. The van der Waals surface area contributed by atoms with Gasteiger partial charge in [-0.05, 0) is 24.7 Å². The Morgan fingerprint density at radius 2 is 2.30 bits per heavy atom. The fourth-order valence-electron chi connectivity index (χ4n) is 2.74. The monoisotopic (exact) mass is 296 g/mol. The lowest BCUT2D eigenvalue weighted by Gasteiger charge is -2.26. The molecule has 5 nitrogen and oxygen atoms in total. The van der Waals surface area contributed by atoms with Crippen molar-refractivity contribution < 1.29 is 14.7 Å². The summed E-state index contributed by atoms with van der Waals surface area (Å²) in [6, 6.07) is 0. The first kappa shape index (κ1) is 15.0. The van der Waals surface area contributed by atoms with Crippen LogP contribution in [0.3, 0.4) is 0 Å². The van der Waals surface area contributed by atoms with E-state index in [9.17, 15) is 9.59 Å². The molecule has 2 rings (SSSR count). The predicted molar refractivity (Wildman–Crippen MR) is 76.7 cm³/mol. The Hall–Kier alpha value is -1.43. The van der Waals surface area contributed by atoms with Crippen molar-refractivity contribution in [1.29, 1.82) is 0 Å². The number of nitrogens with zero attached hydrogens (tertiary/aromatic N) is 1. The first-order valence-corrected chi connectivity index (χ1v) is 7.87. The van der Waals surface area contributed by atoms with Crippen LogP contribution in [0.2, 0.25) is 0 Å². The van der Waals surface area contributed by atoms with E-state index in [1.807, 2.05) is 0 Å². The Kier molecular flexibility index (Phi) is 5.11. The molecule has 1 aromatic rings. The molecule has 0 radical (unpaired) electrons. The van der Waals surface area contributed by atoms with Crippen LogP contribution in [0.4, 0.5) is 0 Å². The van der Waals surface area contributed by atoms with Crippen LogP contribution in [0.15, 0.2) is 5.38 Å². The van der Waals surface area contributed by atoms with Crippen LogP contribution in [0.5, 0.6) is 0 Å². The third-order valence-electron chi connectivity index (χ3n) is 3.73. The molecule has 110 valence electrons. The lowest BCUT2D eigenvalue weighted by Crippen LogP contribution is -2.27. The van der Waals surface area contributed by atoms with Crippen LogP contribution in [0.1, 0.15) is 54.5 Å². The number of thiazole rings is 1. The summed E-state index contributed by atoms with van der Waals surface area (Å²) in [7, 11) is 0. The van der Waals surface area contributed by atoms with E-state index >= 15 is 0 Å². The van der Waals surface area contributed by atoms with E-state index in [0.29, 0.717) is 23.9 Å². The molecule has 0 spiro atoms. The lowest BCUT2D eigenvalue weighted by atomic mass is 9.81. The summed E-state index contributed by atoms with van der Waals surface area (Å²) >= 11 is 1.26. The number of nitrogens with one attached hydrogen (secondary N) is 1. The van der Waals surface area contributed by atoms with Crippen LogP contribution in [0.25, 0.3) is 0 Å². The number of aromatic nitrogens is 1. The summed E-state index contributed by atoms with van der Waals surface area (Å²) in [5.74, 6) is 0.217. The standard InChI is InChI=1S/C14H20N2O3S/c1-9-3-2-4-10(5-9)6-12(17)15-7-13-16-11(8-20-13)14(18)19/h8-10H,2-7H2,1H3,(H,15,17)(H,18,19). The highest BCUT2D eigenvalue weighted by molar-refractivity contribution is 7.09. The number of carbonyl (C=O) groups excluding carboxylic acids is 1. The predicted octanol–water partition coefficient (Wildman–Crippen LogP) is 2.67. The van der Waals surface area contributed by atoms with Crippen LogP contribution in [-0.4, -0.2) is 22.0 Å². The number of carboxylic acids is 1. The van der Waals surface area contributed by atoms with E-state index in [1.54, 1.807) is 0 Å². The summed E-state index contributed by atoms with van der Waals surface area (Å²) in [6.45, 7) is 2.56. The van der Waals surface area contributed by atoms with Gasteiger partial charge in [-0.2, -0.15) is 0 Å². The molecule has 0 saturated heterocycles. The van der Waals surface area contributed by atoms with E-state index in [2.05, 4.69) is 17.2 Å². The summed E-state index contributed by atoms with van der Waals surface area (Å²) in [6.07, 6.45) is 5.33. The number of hydrogen-bond donors (Lipinski definition) is 2. The molecule has 1 amide bonds. The SMILES string of the molecule is CC1CCCC(CC(=O)NCc2nc(C(=O)O)cs2)C1. The quantitative estimate of drug-likeness (QED) is 0.875. The van der Waals surface area contributed by atoms with Gasteiger partial charge in [0.15, 0.2) is 5.69 Å². The Morgan fingerprint density at radius 3 is 2.95 bits per heavy atom. The zero-order valence-electron chi connectivity index (χ0n) is 11.6. The smallest absolute Gasteiger partial charge is 0.355 e. The summed E-state index contributed by atoms with van der Waals surface area (Å²) in [5.41, 5.74) is 0.0420. The molecule has 2 unspecified atom stereocenters. The van der Waals surface area contributed by atoms with E-state index in [4.69, 9.17) is 5.11 Å². The van der Waals surface area contributed by atoms with Gasteiger partial charge >= 0.3 is 5.97 Å². The molecule has 1 aliphatic carbocycles. The number of carbonyl (C=O) groups is 2. The number of hydrogen-bond acceptors (Lipinski definition) is 4. The molecule has 0 aromatic carbocycles. The third kappa shape index (κ3) is 4.30. The van der Waals surface area contributed by atoms with Crippen LogP contribution < -0.4 is 5.32 Å². The van der Waals surface area contributed by atoms with Crippen LogP contribution in [0, 0.1) is 11.8 Å². The molecule has 20 heavy (non-hydrogen) atoms. The van der Waals surface area contributed by atoms with Crippen molar-refractivity contribution >= 4 is 23.2 Å². The maximum atomic E-state index is 11.9. The van der Waals surface area contributed by atoms with Crippen molar-refractivity contribution in [2.45, 2.75) is 45.6 Å². The van der Waals surface area contributed by atoms with E-state index < -0.39 is 5.97 Å². The minimum absolute atomic E-state index is 0.0381. The molecule has 6 heteroatoms. The molecule has 1 heterocycles. The topological polar surface area (TPSA) is 79.3 Å². The summed E-state index contributed by atoms with van der Waals surface area (Å²) in [4.78, 5) is 26.5.